The molecule has 0 radical (unpaired) electrons. The summed E-state index contributed by atoms with van der Waals surface area (Å²) in [6.45, 7) is 12.9. The number of amides is 2. The Balaban J connectivity index is 2.68. The summed E-state index contributed by atoms with van der Waals surface area (Å²) in [5, 5.41) is 3.00. The molecule has 2 amide bonds. The van der Waals surface area contributed by atoms with Crippen LogP contribution in [0.25, 0.3) is 0 Å². The number of benzene rings is 1. The van der Waals surface area contributed by atoms with E-state index in [4.69, 9.17) is 0 Å². The number of nitrogens with one attached hydrogen (secondary N) is 2. The lowest BCUT2D eigenvalue weighted by atomic mass is 10.1. The molecule has 0 saturated carbocycles. The first-order valence-corrected chi connectivity index (χ1v) is 9.69. The first kappa shape index (κ1) is 22.2. The van der Waals surface area contributed by atoms with Crippen LogP contribution >= 0.6 is 0 Å². The molecule has 0 aromatic heterocycles. The number of carbonyl (C=O) groups excluding carboxylic acids is 2. The van der Waals surface area contributed by atoms with E-state index in [0.29, 0.717) is 6.54 Å². The minimum atomic E-state index is -0.0636. The van der Waals surface area contributed by atoms with Crippen LogP contribution in [-0.4, -0.2) is 48.9 Å². The minimum absolute atomic E-state index is 0.0636. The van der Waals surface area contributed by atoms with Crippen LogP contribution in [0.15, 0.2) is 18.2 Å². The van der Waals surface area contributed by atoms with Crippen LogP contribution in [0.1, 0.15) is 51.7 Å². The molecule has 0 bridgehead atoms. The zero-order valence-corrected chi connectivity index (χ0v) is 17.5. The van der Waals surface area contributed by atoms with Gasteiger partial charge in [-0.05, 0) is 51.7 Å². The smallest absolute Gasteiger partial charge is 0.279 e. The molecule has 26 heavy (non-hydrogen) atoms. The van der Waals surface area contributed by atoms with Crippen molar-refractivity contribution in [3.8, 4) is 0 Å². The molecule has 0 fully saturated rings. The zero-order chi connectivity index (χ0) is 19.9. The van der Waals surface area contributed by atoms with Crippen LogP contribution < -0.4 is 10.2 Å². The highest BCUT2D eigenvalue weighted by Gasteiger charge is 2.26. The Morgan fingerprint density at radius 1 is 1.04 bits per heavy atom. The van der Waals surface area contributed by atoms with Gasteiger partial charge in [0, 0.05) is 17.8 Å². The topological polar surface area (TPSA) is 53.9 Å². The molecular formula is C21H36N3O2+. The fourth-order valence-electron chi connectivity index (χ4n) is 3.20. The van der Waals surface area contributed by atoms with Gasteiger partial charge in [0.05, 0.1) is 7.05 Å². The average molecular weight is 363 g/mol. The summed E-state index contributed by atoms with van der Waals surface area (Å²) < 4.78 is 0. The average Bonchev–Trinajstić information content (AvgIpc) is 2.57. The maximum absolute atomic E-state index is 12.8. The van der Waals surface area contributed by atoms with Crippen molar-refractivity contribution in [3.05, 3.63) is 29.3 Å². The van der Waals surface area contributed by atoms with Crippen molar-refractivity contribution in [2.24, 2.45) is 0 Å². The molecule has 0 aliphatic carbocycles. The van der Waals surface area contributed by atoms with Gasteiger partial charge in [0.15, 0.2) is 13.1 Å². The van der Waals surface area contributed by atoms with Crippen LogP contribution in [-0.2, 0) is 9.59 Å². The van der Waals surface area contributed by atoms with Gasteiger partial charge < -0.3 is 15.1 Å². The van der Waals surface area contributed by atoms with Gasteiger partial charge in [-0.2, -0.15) is 0 Å². The van der Waals surface area contributed by atoms with Crippen LogP contribution in [0.3, 0.4) is 0 Å². The van der Waals surface area contributed by atoms with E-state index in [1.807, 2.05) is 44.0 Å². The van der Waals surface area contributed by atoms with Crippen LogP contribution in [0.2, 0.25) is 0 Å². The van der Waals surface area contributed by atoms with Gasteiger partial charge >= 0.3 is 0 Å². The van der Waals surface area contributed by atoms with Crippen LogP contribution in [0.4, 0.5) is 5.69 Å². The van der Waals surface area contributed by atoms with Gasteiger partial charge in [0.1, 0.15) is 0 Å². The van der Waals surface area contributed by atoms with Crippen molar-refractivity contribution in [3.63, 3.8) is 0 Å². The third kappa shape index (κ3) is 6.13. The van der Waals surface area contributed by atoms with Gasteiger partial charge in [-0.3, -0.25) is 9.59 Å². The lowest BCUT2D eigenvalue weighted by molar-refractivity contribution is -0.862. The molecule has 0 saturated heterocycles. The van der Waals surface area contributed by atoms with Crippen molar-refractivity contribution >= 4 is 17.5 Å². The molecule has 0 aliphatic rings. The summed E-state index contributed by atoms with van der Waals surface area (Å²) in [6, 6.07) is 6.38. The number of aryl methyl sites for hydroxylation is 2. The highest BCUT2D eigenvalue weighted by Crippen LogP contribution is 2.18. The second kappa shape index (κ2) is 10.3. The molecule has 5 nitrogen and oxygen atoms in total. The molecule has 146 valence electrons. The Morgan fingerprint density at radius 3 is 2.00 bits per heavy atom. The number of rotatable bonds is 9. The van der Waals surface area contributed by atoms with E-state index < -0.39 is 0 Å². The second-order valence-electron chi connectivity index (χ2n) is 7.44. The van der Waals surface area contributed by atoms with Gasteiger partial charge in [0.25, 0.3) is 11.8 Å². The predicted octanol–water partition coefficient (Wildman–Crippen LogP) is 2.18. The van der Waals surface area contributed by atoms with E-state index in [0.717, 1.165) is 34.6 Å². The highest BCUT2D eigenvalue weighted by molar-refractivity contribution is 5.93. The Bertz CT molecular complexity index is 585. The SMILES string of the molecule is CC[C@@H](C)N(C(=O)C[NH+](C)CC(=O)Nc1c(C)cccc1C)[C@H](C)CC. The predicted molar refractivity (Wildman–Crippen MR) is 108 cm³/mol. The van der Waals surface area contributed by atoms with Crippen LogP contribution in [0, 0.1) is 13.8 Å². The monoisotopic (exact) mass is 362 g/mol. The number of para-hydroxylation sites is 1. The number of quaternary nitrogens is 1. The molecule has 3 atom stereocenters. The fourth-order valence-corrected chi connectivity index (χ4v) is 3.20. The lowest BCUT2D eigenvalue weighted by Crippen LogP contribution is -3.11. The number of anilines is 1. The van der Waals surface area contributed by atoms with Crippen molar-refractivity contribution in [1.29, 1.82) is 0 Å². The molecule has 1 unspecified atom stereocenters. The number of hydrogen-bond acceptors (Lipinski definition) is 2. The van der Waals surface area contributed by atoms with E-state index in [9.17, 15) is 9.59 Å². The summed E-state index contributed by atoms with van der Waals surface area (Å²) in [6.07, 6.45) is 1.87. The van der Waals surface area contributed by atoms with Gasteiger partial charge in [-0.15, -0.1) is 0 Å². The normalized spacial score (nSPS) is 14.4. The maximum Gasteiger partial charge on any atom is 0.279 e. The summed E-state index contributed by atoms with van der Waals surface area (Å²) in [4.78, 5) is 28.1. The molecule has 5 heteroatoms. The Hall–Kier alpha value is -1.88. The Kier molecular flexibility index (Phi) is 8.79. The molecule has 0 aliphatic heterocycles. The van der Waals surface area contributed by atoms with Crippen molar-refractivity contribution < 1.29 is 14.5 Å². The summed E-state index contributed by atoms with van der Waals surface area (Å²) in [5.41, 5.74) is 2.97. The molecule has 1 aromatic carbocycles. The van der Waals surface area contributed by atoms with Crippen molar-refractivity contribution in [2.75, 3.05) is 25.5 Å². The molecule has 2 N–H and O–H groups in total. The van der Waals surface area contributed by atoms with E-state index in [1.54, 1.807) is 0 Å². The number of hydrogen-bond donors (Lipinski definition) is 2. The third-order valence-electron chi connectivity index (χ3n) is 5.08. The molecule has 1 aromatic rings. The fraction of sp³-hybridized carbons (Fsp3) is 0.619. The summed E-state index contributed by atoms with van der Waals surface area (Å²) >= 11 is 0. The largest absolute Gasteiger partial charge is 0.332 e. The first-order valence-electron chi connectivity index (χ1n) is 9.69. The second-order valence-corrected chi connectivity index (χ2v) is 7.44. The molecule has 0 spiro atoms. The minimum Gasteiger partial charge on any atom is -0.332 e. The molecular weight excluding hydrogens is 326 g/mol. The Labute approximate surface area is 158 Å². The van der Waals surface area contributed by atoms with E-state index in [2.05, 4.69) is 33.0 Å². The van der Waals surface area contributed by atoms with Gasteiger partial charge in [-0.1, -0.05) is 32.0 Å². The standard InChI is InChI=1S/C21H35N3O2/c1-8-17(5)24(18(6)9-2)20(26)14-23(7)13-19(25)22-21-15(3)11-10-12-16(21)4/h10-12,17-18H,8-9,13-14H2,1-7H3,(H,22,25)/p+1/t17-,18-/m1/s1. The zero-order valence-electron chi connectivity index (χ0n) is 17.5. The van der Waals surface area contributed by atoms with Crippen molar-refractivity contribution in [1.82, 2.24) is 4.90 Å². The van der Waals surface area contributed by atoms with E-state index in [-0.39, 0.29) is 30.4 Å². The highest BCUT2D eigenvalue weighted by atomic mass is 16.2. The third-order valence-corrected chi connectivity index (χ3v) is 5.08. The van der Waals surface area contributed by atoms with E-state index >= 15 is 0 Å². The van der Waals surface area contributed by atoms with Gasteiger partial charge in [0.2, 0.25) is 0 Å². The van der Waals surface area contributed by atoms with Crippen molar-refractivity contribution in [2.45, 2.75) is 66.5 Å². The number of likely N-dealkylation sites (N-methyl/N-ethyl adjacent to an activating group) is 1. The van der Waals surface area contributed by atoms with E-state index in [1.165, 1.54) is 0 Å². The van der Waals surface area contributed by atoms with Gasteiger partial charge in [-0.25, -0.2) is 0 Å². The molecule has 1 rings (SSSR count). The lowest BCUT2D eigenvalue weighted by Gasteiger charge is -2.34. The maximum atomic E-state index is 12.8. The first-order chi connectivity index (χ1) is 12.2. The summed E-state index contributed by atoms with van der Waals surface area (Å²) in [7, 11) is 1.90. The quantitative estimate of drug-likeness (QED) is 0.707. The van der Waals surface area contributed by atoms with Crippen LogP contribution in [0.5, 0.6) is 0 Å². The Morgan fingerprint density at radius 2 is 1.54 bits per heavy atom. The number of nitrogens with zero attached hydrogens (tertiary/aromatic N) is 1. The summed E-state index contributed by atoms with van der Waals surface area (Å²) in [5.74, 6) is 0.0532. The molecule has 0 heterocycles. The number of carbonyl (C=O) groups is 2.